The second-order valence-electron chi connectivity index (χ2n) is 4.44. The van der Waals surface area contributed by atoms with E-state index in [-0.39, 0.29) is 12.6 Å². The van der Waals surface area contributed by atoms with Crippen LogP contribution in [-0.4, -0.2) is 28.2 Å². The molecule has 96 valence electrons. The zero-order valence-electron chi connectivity index (χ0n) is 11.0. The van der Waals surface area contributed by atoms with Crippen molar-refractivity contribution in [1.82, 2.24) is 15.3 Å². The van der Waals surface area contributed by atoms with E-state index in [9.17, 15) is 0 Å². The highest BCUT2D eigenvalue weighted by atomic mass is 16.3. The zero-order chi connectivity index (χ0) is 12.7. The van der Waals surface area contributed by atoms with Crippen LogP contribution >= 0.6 is 0 Å². The Morgan fingerprint density at radius 2 is 2.06 bits per heavy atom. The fraction of sp³-hybridized carbons (Fsp3) is 0.692. The van der Waals surface area contributed by atoms with E-state index in [0.29, 0.717) is 5.92 Å². The smallest absolute Gasteiger partial charge is 0.0782 e. The van der Waals surface area contributed by atoms with Crippen LogP contribution in [0.15, 0.2) is 12.4 Å². The molecule has 17 heavy (non-hydrogen) atoms. The Morgan fingerprint density at radius 1 is 1.35 bits per heavy atom. The van der Waals surface area contributed by atoms with Crippen LogP contribution in [0.1, 0.15) is 44.1 Å². The van der Waals surface area contributed by atoms with Gasteiger partial charge < -0.3 is 10.4 Å². The molecular formula is C13H23N3O. The number of hydrogen-bond donors (Lipinski definition) is 2. The molecule has 0 aliphatic rings. The van der Waals surface area contributed by atoms with E-state index in [1.165, 1.54) is 0 Å². The van der Waals surface area contributed by atoms with Crippen molar-refractivity contribution in [3.05, 3.63) is 23.8 Å². The summed E-state index contributed by atoms with van der Waals surface area (Å²) in [6.45, 7) is 7.40. The molecule has 0 aliphatic carbocycles. The van der Waals surface area contributed by atoms with Gasteiger partial charge in [-0.2, -0.15) is 0 Å². The van der Waals surface area contributed by atoms with Crippen molar-refractivity contribution in [2.75, 3.05) is 13.2 Å². The largest absolute Gasteiger partial charge is 0.396 e. The predicted molar refractivity (Wildman–Crippen MR) is 68.7 cm³/mol. The monoisotopic (exact) mass is 237 g/mol. The summed E-state index contributed by atoms with van der Waals surface area (Å²) in [5.74, 6) is 0.527. The fourth-order valence-corrected chi connectivity index (χ4v) is 1.92. The highest BCUT2D eigenvalue weighted by Crippen LogP contribution is 2.13. The third kappa shape index (κ3) is 4.40. The number of nitrogens with zero attached hydrogens (tertiary/aromatic N) is 2. The van der Waals surface area contributed by atoms with Crippen molar-refractivity contribution in [1.29, 1.82) is 0 Å². The average molecular weight is 237 g/mol. The van der Waals surface area contributed by atoms with E-state index in [2.05, 4.69) is 29.1 Å². The van der Waals surface area contributed by atoms with E-state index >= 15 is 0 Å². The topological polar surface area (TPSA) is 58.0 Å². The molecule has 4 nitrogen and oxygen atoms in total. The molecule has 1 aromatic heterocycles. The molecule has 0 bridgehead atoms. The van der Waals surface area contributed by atoms with E-state index in [0.717, 1.165) is 30.8 Å². The Hall–Kier alpha value is -1.00. The van der Waals surface area contributed by atoms with Crippen molar-refractivity contribution in [2.45, 2.75) is 39.7 Å². The van der Waals surface area contributed by atoms with Gasteiger partial charge in [0.2, 0.25) is 0 Å². The average Bonchev–Trinajstić information content (AvgIpc) is 2.34. The Balaban J connectivity index is 2.49. The Morgan fingerprint density at radius 3 is 2.65 bits per heavy atom. The third-order valence-corrected chi connectivity index (χ3v) is 3.16. The minimum absolute atomic E-state index is 0.205. The molecule has 1 rings (SSSR count). The lowest BCUT2D eigenvalue weighted by molar-refractivity contribution is 0.249. The standard InChI is InChI=1S/C13H23N3O/c1-4-12(5-8-17)9-16-11(3)13-10(2)14-6-7-15-13/h6-7,11-12,16-17H,4-5,8-9H2,1-3H3. The molecule has 2 atom stereocenters. The Kier molecular flexibility index (Phi) is 6.08. The van der Waals surface area contributed by atoms with Crippen LogP contribution < -0.4 is 5.32 Å². The second-order valence-corrected chi connectivity index (χ2v) is 4.44. The first-order valence-corrected chi connectivity index (χ1v) is 6.30. The van der Waals surface area contributed by atoms with Gasteiger partial charge in [0, 0.05) is 25.0 Å². The summed E-state index contributed by atoms with van der Waals surface area (Å²) >= 11 is 0. The lowest BCUT2D eigenvalue weighted by Crippen LogP contribution is -2.27. The van der Waals surface area contributed by atoms with Crippen LogP contribution in [0.4, 0.5) is 0 Å². The van der Waals surface area contributed by atoms with Gasteiger partial charge in [-0.05, 0) is 32.7 Å². The van der Waals surface area contributed by atoms with Crippen LogP contribution in [-0.2, 0) is 0 Å². The molecule has 0 saturated carbocycles. The Labute approximate surface area is 103 Å². The van der Waals surface area contributed by atoms with Crippen LogP contribution in [0.5, 0.6) is 0 Å². The normalized spacial score (nSPS) is 14.6. The zero-order valence-corrected chi connectivity index (χ0v) is 11.0. The third-order valence-electron chi connectivity index (χ3n) is 3.16. The molecule has 2 unspecified atom stereocenters. The van der Waals surface area contributed by atoms with Crippen molar-refractivity contribution in [3.63, 3.8) is 0 Å². The molecule has 0 spiro atoms. The second kappa shape index (κ2) is 7.35. The van der Waals surface area contributed by atoms with Crippen molar-refractivity contribution in [2.24, 2.45) is 5.92 Å². The SMILES string of the molecule is CCC(CCO)CNC(C)c1nccnc1C. The molecule has 1 aromatic rings. The van der Waals surface area contributed by atoms with Crippen LogP contribution in [0.25, 0.3) is 0 Å². The van der Waals surface area contributed by atoms with Crippen molar-refractivity contribution < 1.29 is 5.11 Å². The molecule has 0 aromatic carbocycles. The van der Waals surface area contributed by atoms with E-state index < -0.39 is 0 Å². The van der Waals surface area contributed by atoms with Gasteiger partial charge in [0.1, 0.15) is 0 Å². The van der Waals surface area contributed by atoms with Gasteiger partial charge in [-0.3, -0.25) is 9.97 Å². The maximum Gasteiger partial charge on any atom is 0.0782 e. The molecule has 0 amide bonds. The number of aliphatic hydroxyl groups is 1. The summed E-state index contributed by atoms with van der Waals surface area (Å²) in [6.07, 6.45) is 5.38. The Bertz CT molecular complexity index is 330. The highest BCUT2D eigenvalue weighted by Gasteiger charge is 2.12. The van der Waals surface area contributed by atoms with Gasteiger partial charge >= 0.3 is 0 Å². The maximum absolute atomic E-state index is 8.94. The summed E-state index contributed by atoms with van der Waals surface area (Å²) < 4.78 is 0. The molecule has 0 saturated heterocycles. The molecule has 0 aliphatic heterocycles. The summed E-state index contributed by atoms with van der Waals surface area (Å²) in [7, 11) is 0. The number of rotatable bonds is 7. The molecule has 0 fully saturated rings. The first-order chi connectivity index (χ1) is 8.19. The molecule has 1 heterocycles. The number of nitrogens with one attached hydrogen (secondary N) is 1. The fourth-order valence-electron chi connectivity index (χ4n) is 1.92. The lowest BCUT2D eigenvalue weighted by atomic mass is 10.0. The maximum atomic E-state index is 8.94. The van der Waals surface area contributed by atoms with E-state index in [1.807, 2.05) is 6.92 Å². The van der Waals surface area contributed by atoms with Crippen LogP contribution in [0.3, 0.4) is 0 Å². The molecule has 2 N–H and O–H groups in total. The highest BCUT2D eigenvalue weighted by molar-refractivity contribution is 5.12. The molecule has 4 heteroatoms. The summed E-state index contributed by atoms with van der Waals surface area (Å²) in [4.78, 5) is 8.59. The van der Waals surface area contributed by atoms with E-state index in [1.54, 1.807) is 12.4 Å². The van der Waals surface area contributed by atoms with Crippen molar-refractivity contribution >= 4 is 0 Å². The van der Waals surface area contributed by atoms with Gasteiger partial charge in [-0.15, -0.1) is 0 Å². The van der Waals surface area contributed by atoms with Gasteiger partial charge in [-0.25, -0.2) is 0 Å². The van der Waals surface area contributed by atoms with E-state index in [4.69, 9.17) is 5.11 Å². The van der Waals surface area contributed by atoms with Gasteiger partial charge in [0.05, 0.1) is 11.4 Å². The number of aliphatic hydroxyl groups excluding tert-OH is 1. The number of aromatic nitrogens is 2. The summed E-state index contributed by atoms with van der Waals surface area (Å²) in [5.41, 5.74) is 1.98. The number of aryl methyl sites for hydroxylation is 1. The first-order valence-electron chi connectivity index (χ1n) is 6.30. The van der Waals surface area contributed by atoms with Crippen molar-refractivity contribution in [3.8, 4) is 0 Å². The minimum Gasteiger partial charge on any atom is -0.396 e. The minimum atomic E-state index is 0.205. The quantitative estimate of drug-likeness (QED) is 0.760. The first kappa shape index (κ1) is 14.1. The van der Waals surface area contributed by atoms with Gasteiger partial charge in [0.25, 0.3) is 0 Å². The van der Waals surface area contributed by atoms with Gasteiger partial charge in [-0.1, -0.05) is 13.3 Å². The predicted octanol–water partition coefficient (Wildman–Crippen LogP) is 1.84. The van der Waals surface area contributed by atoms with Gasteiger partial charge in [0.15, 0.2) is 0 Å². The van der Waals surface area contributed by atoms with Crippen LogP contribution in [0.2, 0.25) is 0 Å². The molecular weight excluding hydrogens is 214 g/mol. The summed E-state index contributed by atoms with van der Waals surface area (Å²) in [6, 6.07) is 0.205. The van der Waals surface area contributed by atoms with Crippen LogP contribution in [0, 0.1) is 12.8 Å². The lowest BCUT2D eigenvalue weighted by Gasteiger charge is -2.19. The summed E-state index contributed by atoms with van der Waals surface area (Å²) in [5, 5.41) is 12.4. The molecule has 0 radical (unpaired) electrons. The number of hydrogen-bond acceptors (Lipinski definition) is 4.